The lowest BCUT2D eigenvalue weighted by Crippen LogP contribution is -2.34. The molecule has 0 radical (unpaired) electrons. The molecule has 102 valence electrons. The van der Waals surface area contributed by atoms with E-state index < -0.39 is 0 Å². The summed E-state index contributed by atoms with van der Waals surface area (Å²) in [6, 6.07) is 0. The van der Waals surface area contributed by atoms with Gasteiger partial charge in [0.15, 0.2) is 0 Å². The summed E-state index contributed by atoms with van der Waals surface area (Å²) >= 11 is 0. The van der Waals surface area contributed by atoms with E-state index >= 15 is 0 Å². The van der Waals surface area contributed by atoms with Crippen molar-refractivity contribution in [1.29, 1.82) is 0 Å². The predicted molar refractivity (Wildman–Crippen MR) is 69.2 cm³/mol. The Morgan fingerprint density at radius 2 is 2.33 bits per heavy atom. The van der Waals surface area contributed by atoms with E-state index in [-0.39, 0.29) is 5.91 Å². The van der Waals surface area contributed by atoms with Crippen LogP contribution in [0.25, 0.3) is 0 Å². The minimum atomic E-state index is -0.0167. The first-order valence-corrected chi connectivity index (χ1v) is 6.15. The lowest BCUT2D eigenvalue weighted by Gasteiger charge is -2.06. The van der Waals surface area contributed by atoms with Crippen LogP contribution in [0.2, 0.25) is 0 Å². The van der Waals surface area contributed by atoms with E-state index in [9.17, 15) is 4.79 Å². The van der Waals surface area contributed by atoms with Gasteiger partial charge in [0.2, 0.25) is 5.91 Å². The first-order valence-electron chi connectivity index (χ1n) is 6.15. The van der Waals surface area contributed by atoms with Gasteiger partial charge in [-0.1, -0.05) is 6.92 Å². The van der Waals surface area contributed by atoms with Crippen LogP contribution in [0, 0.1) is 0 Å². The van der Waals surface area contributed by atoms with Crippen LogP contribution in [0.5, 0.6) is 0 Å². The largest absolute Gasteiger partial charge is 0.383 e. The molecule has 1 amide bonds. The first-order chi connectivity index (χ1) is 8.67. The van der Waals surface area contributed by atoms with Crippen molar-refractivity contribution in [1.82, 2.24) is 20.4 Å². The Morgan fingerprint density at radius 3 is 3.00 bits per heavy atom. The zero-order valence-corrected chi connectivity index (χ0v) is 11.3. The average Bonchev–Trinajstić information content (AvgIpc) is 2.72. The van der Waals surface area contributed by atoms with Gasteiger partial charge in [-0.2, -0.15) is 5.10 Å². The van der Waals surface area contributed by atoms with E-state index in [1.165, 1.54) is 0 Å². The molecule has 0 aliphatic heterocycles. The number of aryl methyl sites for hydroxylation is 2. The lowest BCUT2D eigenvalue weighted by molar-refractivity contribution is -0.120. The number of carbonyl (C=O) groups is 1. The highest BCUT2D eigenvalue weighted by Crippen LogP contribution is 2.06. The number of nitrogens with zero attached hydrogens (tertiary/aromatic N) is 2. The molecule has 0 saturated heterocycles. The van der Waals surface area contributed by atoms with Crippen molar-refractivity contribution >= 4 is 5.91 Å². The minimum absolute atomic E-state index is 0.0167. The third-order valence-corrected chi connectivity index (χ3v) is 2.57. The van der Waals surface area contributed by atoms with Crippen molar-refractivity contribution in [3.63, 3.8) is 0 Å². The van der Waals surface area contributed by atoms with Gasteiger partial charge in [-0.3, -0.25) is 9.48 Å². The van der Waals surface area contributed by atoms with Crippen molar-refractivity contribution in [3.8, 4) is 0 Å². The monoisotopic (exact) mass is 254 g/mol. The first kappa shape index (κ1) is 14.7. The molecule has 0 fully saturated rings. The molecule has 0 bridgehead atoms. The van der Waals surface area contributed by atoms with Crippen LogP contribution in [0.1, 0.15) is 18.2 Å². The van der Waals surface area contributed by atoms with E-state index in [0.29, 0.717) is 26.2 Å². The summed E-state index contributed by atoms with van der Waals surface area (Å²) in [6.45, 7) is 4.18. The Bertz CT molecular complexity index is 376. The SMILES string of the molecule is CCc1nn(C)cc1CNC(=O)CNCCOC. The molecule has 1 aromatic heterocycles. The number of hydrogen-bond donors (Lipinski definition) is 2. The van der Waals surface area contributed by atoms with Crippen molar-refractivity contribution in [2.45, 2.75) is 19.9 Å². The highest BCUT2D eigenvalue weighted by atomic mass is 16.5. The molecule has 1 aromatic rings. The van der Waals surface area contributed by atoms with Gasteiger partial charge < -0.3 is 15.4 Å². The molecular weight excluding hydrogens is 232 g/mol. The summed E-state index contributed by atoms with van der Waals surface area (Å²) in [5, 5.41) is 10.2. The van der Waals surface area contributed by atoms with Crippen LogP contribution in [0.4, 0.5) is 0 Å². The fourth-order valence-electron chi connectivity index (χ4n) is 1.66. The maximum absolute atomic E-state index is 11.5. The van der Waals surface area contributed by atoms with E-state index in [4.69, 9.17) is 4.74 Å². The number of aromatic nitrogens is 2. The van der Waals surface area contributed by atoms with Gasteiger partial charge in [0.1, 0.15) is 0 Å². The van der Waals surface area contributed by atoms with Gasteiger partial charge in [-0.15, -0.1) is 0 Å². The number of hydrogen-bond acceptors (Lipinski definition) is 4. The molecule has 2 N–H and O–H groups in total. The van der Waals surface area contributed by atoms with Crippen LogP contribution in [-0.2, 0) is 29.5 Å². The molecule has 0 atom stereocenters. The summed E-state index contributed by atoms with van der Waals surface area (Å²) in [7, 11) is 3.52. The highest BCUT2D eigenvalue weighted by Gasteiger charge is 2.07. The molecule has 0 saturated carbocycles. The maximum atomic E-state index is 11.5. The van der Waals surface area contributed by atoms with Crippen LogP contribution >= 0.6 is 0 Å². The molecule has 0 aromatic carbocycles. The molecule has 1 rings (SSSR count). The van der Waals surface area contributed by atoms with E-state index in [1.54, 1.807) is 11.8 Å². The summed E-state index contributed by atoms with van der Waals surface area (Å²) in [6.07, 6.45) is 2.82. The number of nitrogens with one attached hydrogen (secondary N) is 2. The highest BCUT2D eigenvalue weighted by molar-refractivity contribution is 5.77. The topological polar surface area (TPSA) is 68.2 Å². The Morgan fingerprint density at radius 1 is 1.56 bits per heavy atom. The second-order valence-corrected chi connectivity index (χ2v) is 4.07. The summed E-state index contributed by atoms with van der Waals surface area (Å²) in [5.41, 5.74) is 2.11. The number of rotatable bonds is 8. The number of ether oxygens (including phenoxy) is 1. The zero-order valence-electron chi connectivity index (χ0n) is 11.3. The second kappa shape index (κ2) is 7.84. The quantitative estimate of drug-likeness (QED) is 0.632. The molecule has 0 aliphatic rings. The van der Waals surface area contributed by atoms with Gasteiger partial charge in [-0.05, 0) is 6.42 Å². The number of carbonyl (C=O) groups excluding carboxylic acids is 1. The standard InChI is InChI=1S/C12H22N4O2/c1-4-11-10(9-16(2)15-11)7-14-12(17)8-13-5-6-18-3/h9,13H,4-8H2,1-3H3,(H,14,17). The molecule has 6 heteroatoms. The van der Waals surface area contributed by atoms with Gasteiger partial charge in [0.05, 0.1) is 18.8 Å². The van der Waals surface area contributed by atoms with Crippen LogP contribution < -0.4 is 10.6 Å². The number of amides is 1. The van der Waals surface area contributed by atoms with Gasteiger partial charge >= 0.3 is 0 Å². The van der Waals surface area contributed by atoms with Crippen LogP contribution in [0.3, 0.4) is 0 Å². The fraction of sp³-hybridized carbons (Fsp3) is 0.667. The molecule has 0 unspecified atom stereocenters. The molecule has 6 nitrogen and oxygen atoms in total. The Kier molecular flexibility index (Phi) is 6.38. The summed E-state index contributed by atoms with van der Waals surface area (Å²) in [4.78, 5) is 11.5. The lowest BCUT2D eigenvalue weighted by atomic mass is 10.2. The molecule has 0 aliphatic carbocycles. The van der Waals surface area contributed by atoms with Gasteiger partial charge in [0.25, 0.3) is 0 Å². The summed E-state index contributed by atoms with van der Waals surface area (Å²) < 4.78 is 6.66. The number of methoxy groups -OCH3 is 1. The van der Waals surface area contributed by atoms with Gasteiger partial charge in [0, 0.05) is 39.0 Å². The fourth-order valence-corrected chi connectivity index (χ4v) is 1.66. The molecule has 18 heavy (non-hydrogen) atoms. The van der Waals surface area contributed by atoms with Crippen LogP contribution in [0.15, 0.2) is 6.20 Å². The van der Waals surface area contributed by atoms with E-state index in [2.05, 4.69) is 22.7 Å². The van der Waals surface area contributed by atoms with Crippen molar-refractivity contribution in [3.05, 3.63) is 17.5 Å². The Labute approximate surface area is 108 Å². The van der Waals surface area contributed by atoms with Crippen molar-refractivity contribution < 1.29 is 9.53 Å². The second-order valence-electron chi connectivity index (χ2n) is 4.07. The third kappa shape index (κ3) is 4.85. The average molecular weight is 254 g/mol. The molecular formula is C12H22N4O2. The van der Waals surface area contributed by atoms with Gasteiger partial charge in [-0.25, -0.2) is 0 Å². The predicted octanol–water partition coefficient (Wildman–Crippen LogP) is -0.165. The third-order valence-electron chi connectivity index (χ3n) is 2.57. The summed E-state index contributed by atoms with van der Waals surface area (Å²) in [5.74, 6) is -0.0167. The van der Waals surface area contributed by atoms with Crippen LogP contribution in [-0.4, -0.2) is 42.5 Å². The Hall–Kier alpha value is -1.40. The van der Waals surface area contributed by atoms with Crippen molar-refractivity contribution in [2.75, 3.05) is 26.8 Å². The van der Waals surface area contributed by atoms with Crippen molar-refractivity contribution in [2.24, 2.45) is 7.05 Å². The molecule has 0 spiro atoms. The normalized spacial score (nSPS) is 10.6. The Balaban J connectivity index is 2.29. The molecule has 1 heterocycles. The maximum Gasteiger partial charge on any atom is 0.234 e. The zero-order chi connectivity index (χ0) is 13.4. The minimum Gasteiger partial charge on any atom is -0.383 e. The van der Waals surface area contributed by atoms with E-state index in [1.807, 2.05) is 13.2 Å². The van der Waals surface area contributed by atoms with E-state index in [0.717, 1.165) is 17.7 Å². The smallest absolute Gasteiger partial charge is 0.234 e.